The third-order valence-corrected chi connectivity index (χ3v) is 4.75. The summed E-state index contributed by atoms with van der Waals surface area (Å²) in [6, 6.07) is -0.264. The minimum atomic E-state index is -0.264. The van der Waals surface area contributed by atoms with Crippen LogP contribution >= 0.6 is 11.3 Å². The van der Waals surface area contributed by atoms with Gasteiger partial charge in [0.25, 0.3) is 5.91 Å². The van der Waals surface area contributed by atoms with Crippen molar-refractivity contribution in [2.24, 2.45) is 0 Å². The van der Waals surface area contributed by atoms with E-state index >= 15 is 0 Å². The van der Waals surface area contributed by atoms with Crippen LogP contribution in [0.25, 0.3) is 0 Å². The third-order valence-electron chi connectivity index (χ3n) is 3.59. The Morgan fingerprint density at radius 1 is 1.38 bits per heavy atom. The van der Waals surface area contributed by atoms with Crippen LogP contribution < -0.4 is 5.32 Å². The van der Waals surface area contributed by atoms with E-state index in [2.05, 4.69) is 20.4 Å². The highest BCUT2D eigenvalue weighted by Gasteiger charge is 2.23. The second kappa shape index (κ2) is 5.93. The molecule has 0 aliphatic heterocycles. The van der Waals surface area contributed by atoms with Gasteiger partial charge >= 0.3 is 0 Å². The van der Waals surface area contributed by atoms with Gasteiger partial charge in [-0.15, -0.1) is 11.3 Å². The molecule has 112 valence electrons. The molecule has 1 aliphatic rings. The SMILES string of the molecule is CCC(NC(=O)c1nc2c(s1)CCCC2)c1nc(C)no1. The summed E-state index contributed by atoms with van der Waals surface area (Å²) in [6.45, 7) is 3.73. The first-order valence-electron chi connectivity index (χ1n) is 7.27. The largest absolute Gasteiger partial charge is 0.338 e. The second-order valence-electron chi connectivity index (χ2n) is 5.21. The molecule has 0 radical (unpaired) electrons. The summed E-state index contributed by atoms with van der Waals surface area (Å²) in [5, 5.41) is 7.24. The van der Waals surface area contributed by atoms with E-state index in [4.69, 9.17) is 4.52 Å². The van der Waals surface area contributed by atoms with Crippen LogP contribution in [0.1, 0.15) is 64.3 Å². The first-order valence-corrected chi connectivity index (χ1v) is 8.08. The molecule has 21 heavy (non-hydrogen) atoms. The molecular formula is C14H18N4O2S. The van der Waals surface area contributed by atoms with Crippen molar-refractivity contribution in [2.75, 3.05) is 0 Å². The Morgan fingerprint density at radius 2 is 2.19 bits per heavy atom. The maximum Gasteiger partial charge on any atom is 0.280 e. The van der Waals surface area contributed by atoms with E-state index in [9.17, 15) is 4.79 Å². The first kappa shape index (κ1) is 14.2. The number of carbonyl (C=O) groups excluding carboxylic acids is 1. The van der Waals surface area contributed by atoms with Crippen molar-refractivity contribution in [3.05, 3.63) is 27.3 Å². The van der Waals surface area contributed by atoms with Gasteiger partial charge in [0.15, 0.2) is 10.8 Å². The van der Waals surface area contributed by atoms with Crippen molar-refractivity contribution in [3.63, 3.8) is 0 Å². The standard InChI is InChI=1S/C14H18N4O2S/c1-3-9(13-15-8(2)18-20-13)16-12(19)14-17-10-6-4-5-7-11(10)21-14/h9H,3-7H2,1-2H3,(H,16,19). The lowest BCUT2D eigenvalue weighted by molar-refractivity contribution is 0.0926. The van der Waals surface area contributed by atoms with Crippen LogP contribution in [-0.4, -0.2) is 21.0 Å². The van der Waals surface area contributed by atoms with Gasteiger partial charge < -0.3 is 9.84 Å². The molecule has 1 N–H and O–H groups in total. The van der Waals surface area contributed by atoms with Crippen LogP contribution in [0.4, 0.5) is 0 Å². The lowest BCUT2D eigenvalue weighted by atomic mass is 10.0. The van der Waals surface area contributed by atoms with E-state index in [0.717, 1.165) is 25.0 Å². The normalized spacial score (nSPS) is 15.5. The monoisotopic (exact) mass is 306 g/mol. The van der Waals surface area contributed by atoms with Crippen LogP contribution in [0.3, 0.4) is 0 Å². The number of fused-ring (bicyclic) bond motifs is 1. The van der Waals surface area contributed by atoms with Gasteiger partial charge in [-0.3, -0.25) is 4.79 Å². The van der Waals surface area contributed by atoms with Crippen molar-refractivity contribution in [2.45, 2.75) is 52.0 Å². The van der Waals surface area contributed by atoms with Gasteiger partial charge in [0.05, 0.1) is 5.69 Å². The predicted octanol–water partition coefficient (Wildman–Crippen LogP) is 2.59. The van der Waals surface area contributed by atoms with Crippen LogP contribution in [0.5, 0.6) is 0 Å². The summed E-state index contributed by atoms with van der Waals surface area (Å²) < 4.78 is 5.14. The molecule has 3 rings (SSSR count). The maximum atomic E-state index is 12.4. The first-order chi connectivity index (χ1) is 10.2. The number of amides is 1. The number of carbonyl (C=O) groups is 1. The Morgan fingerprint density at radius 3 is 2.86 bits per heavy atom. The van der Waals surface area contributed by atoms with E-state index in [0.29, 0.717) is 23.1 Å². The van der Waals surface area contributed by atoms with E-state index in [1.165, 1.54) is 22.6 Å². The molecule has 1 amide bonds. The summed E-state index contributed by atoms with van der Waals surface area (Å²) in [7, 11) is 0. The van der Waals surface area contributed by atoms with Gasteiger partial charge in [-0.1, -0.05) is 12.1 Å². The fourth-order valence-electron chi connectivity index (χ4n) is 2.46. The smallest absolute Gasteiger partial charge is 0.280 e. The molecule has 1 unspecified atom stereocenters. The van der Waals surface area contributed by atoms with Crippen LogP contribution in [0, 0.1) is 6.92 Å². The molecule has 2 heterocycles. The van der Waals surface area contributed by atoms with Crippen LogP contribution in [0.15, 0.2) is 4.52 Å². The Labute approximate surface area is 127 Å². The zero-order valence-electron chi connectivity index (χ0n) is 12.2. The van der Waals surface area contributed by atoms with Gasteiger partial charge in [0, 0.05) is 4.88 Å². The van der Waals surface area contributed by atoms with Crippen LogP contribution in [-0.2, 0) is 12.8 Å². The Kier molecular flexibility index (Phi) is 4.01. The quantitative estimate of drug-likeness (QED) is 0.939. The zero-order valence-corrected chi connectivity index (χ0v) is 13.0. The second-order valence-corrected chi connectivity index (χ2v) is 6.29. The predicted molar refractivity (Wildman–Crippen MR) is 78.3 cm³/mol. The molecule has 0 saturated heterocycles. The number of aryl methyl sites for hydroxylation is 3. The third kappa shape index (κ3) is 2.97. The number of thiazole rings is 1. The molecule has 0 spiro atoms. The summed E-state index contributed by atoms with van der Waals surface area (Å²) in [5.41, 5.74) is 1.10. The van der Waals surface area contributed by atoms with Crippen molar-refractivity contribution >= 4 is 17.2 Å². The van der Waals surface area contributed by atoms with E-state index in [-0.39, 0.29) is 11.9 Å². The summed E-state index contributed by atoms with van der Waals surface area (Å²) in [5.74, 6) is 0.865. The Bertz CT molecular complexity index is 626. The van der Waals surface area contributed by atoms with E-state index in [1.54, 1.807) is 6.92 Å². The number of nitrogens with zero attached hydrogens (tertiary/aromatic N) is 3. The number of hydrogen-bond donors (Lipinski definition) is 1. The van der Waals surface area contributed by atoms with Crippen LogP contribution in [0.2, 0.25) is 0 Å². The number of nitrogens with one attached hydrogen (secondary N) is 1. The lowest BCUT2D eigenvalue weighted by Gasteiger charge is -2.11. The number of hydrogen-bond acceptors (Lipinski definition) is 6. The van der Waals surface area contributed by atoms with Gasteiger partial charge in [-0.2, -0.15) is 4.98 Å². The van der Waals surface area contributed by atoms with Gasteiger partial charge in [0.1, 0.15) is 6.04 Å². The van der Waals surface area contributed by atoms with Crippen molar-refractivity contribution in [1.29, 1.82) is 0 Å². The highest BCUT2D eigenvalue weighted by Crippen LogP contribution is 2.27. The number of aromatic nitrogens is 3. The molecule has 2 aromatic rings. The lowest BCUT2D eigenvalue weighted by Crippen LogP contribution is -2.28. The minimum Gasteiger partial charge on any atom is -0.338 e. The molecule has 7 heteroatoms. The highest BCUT2D eigenvalue weighted by molar-refractivity contribution is 7.13. The Balaban J connectivity index is 1.74. The van der Waals surface area contributed by atoms with Crippen molar-refractivity contribution in [1.82, 2.24) is 20.4 Å². The molecule has 1 atom stereocenters. The van der Waals surface area contributed by atoms with Gasteiger partial charge in [-0.05, 0) is 39.0 Å². The fraction of sp³-hybridized carbons (Fsp3) is 0.571. The van der Waals surface area contributed by atoms with Crippen molar-refractivity contribution in [3.8, 4) is 0 Å². The van der Waals surface area contributed by atoms with Gasteiger partial charge in [-0.25, -0.2) is 4.98 Å². The highest BCUT2D eigenvalue weighted by atomic mass is 32.1. The Hall–Kier alpha value is -1.76. The zero-order chi connectivity index (χ0) is 14.8. The van der Waals surface area contributed by atoms with Gasteiger partial charge in [0.2, 0.25) is 5.89 Å². The molecule has 1 aliphatic carbocycles. The minimum absolute atomic E-state index is 0.155. The maximum absolute atomic E-state index is 12.4. The number of rotatable bonds is 4. The average Bonchev–Trinajstić information content (AvgIpc) is 3.10. The topological polar surface area (TPSA) is 80.9 Å². The van der Waals surface area contributed by atoms with E-state index in [1.807, 2.05) is 6.92 Å². The molecule has 0 bridgehead atoms. The molecule has 6 nitrogen and oxygen atoms in total. The average molecular weight is 306 g/mol. The molecular weight excluding hydrogens is 288 g/mol. The molecule has 0 saturated carbocycles. The fourth-order valence-corrected chi connectivity index (χ4v) is 3.51. The van der Waals surface area contributed by atoms with Crippen molar-refractivity contribution < 1.29 is 9.32 Å². The molecule has 0 fully saturated rings. The molecule has 2 aromatic heterocycles. The summed E-state index contributed by atoms with van der Waals surface area (Å²) >= 11 is 1.51. The molecule has 0 aromatic carbocycles. The summed E-state index contributed by atoms with van der Waals surface area (Å²) in [6.07, 6.45) is 5.07. The summed E-state index contributed by atoms with van der Waals surface area (Å²) in [4.78, 5) is 22.3. The van der Waals surface area contributed by atoms with E-state index < -0.39 is 0 Å².